The molecule has 0 amide bonds. The van der Waals surface area contributed by atoms with Crippen LogP contribution in [0.1, 0.15) is 5.56 Å². The van der Waals surface area contributed by atoms with E-state index in [2.05, 4.69) is 5.32 Å². The Balaban J connectivity index is 1.80. The SMILES string of the molecule is COc1ccc(CNc2ccc(S(=O)(=O)N3CCN(C)CC3)cc2[N+](=O)[O-])cc1. The first-order valence-electron chi connectivity index (χ1n) is 9.15. The maximum absolute atomic E-state index is 12.9. The van der Waals surface area contributed by atoms with Crippen molar-refractivity contribution in [2.24, 2.45) is 0 Å². The van der Waals surface area contributed by atoms with Crippen molar-refractivity contribution in [2.75, 3.05) is 45.7 Å². The predicted molar refractivity (Wildman–Crippen MR) is 110 cm³/mol. The molecule has 10 heteroatoms. The number of likely N-dealkylation sites (N-methyl/N-ethyl adjacent to an activating group) is 1. The van der Waals surface area contributed by atoms with Gasteiger partial charge in [0.05, 0.1) is 16.9 Å². The second-order valence-corrected chi connectivity index (χ2v) is 8.78. The highest BCUT2D eigenvalue weighted by molar-refractivity contribution is 7.89. The van der Waals surface area contributed by atoms with Gasteiger partial charge >= 0.3 is 0 Å². The van der Waals surface area contributed by atoms with Gasteiger partial charge in [-0.3, -0.25) is 10.1 Å². The molecular weight excluding hydrogens is 396 g/mol. The standard InChI is InChI=1S/C19H24N4O5S/c1-21-9-11-22(12-10-21)29(26,27)17-7-8-18(19(13-17)23(24)25)20-14-15-3-5-16(28-2)6-4-15/h3-8,13,20H,9-12,14H2,1-2H3. The van der Waals surface area contributed by atoms with Crippen molar-refractivity contribution in [1.82, 2.24) is 9.21 Å². The summed E-state index contributed by atoms with van der Waals surface area (Å²) in [7, 11) is -0.266. The Morgan fingerprint density at radius 1 is 1.10 bits per heavy atom. The molecule has 0 unspecified atom stereocenters. The zero-order valence-corrected chi connectivity index (χ0v) is 17.2. The van der Waals surface area contributed by atoms with E-state index < -0.39 is 14.9 Å². The molecule has 2 aromatic carbocycles. The van der Waals surface area contributed by atoms with Gasteiger partial charge in [-0.15, -0.1) is 0 Å². The number of nitro benzene ring substituents is 1. The van der Waals surface area contributed by atoms with Gasteiger partial charge in [0, 0.05) is 38.8 Å². The second-order valence-electron chi connectivity index (χ2n) is 6.85. The van der Waals surface area contributed by atoms with Gasteiger partial charge in [-0.05, 0) is 36.9 Å². The lowest BCUT2D eigenvalue weighted by Gasteiger charge is -2.31. The maximum atomic E-state index is 12.9. The van der Waals surface area contributed by atoms with Crippen molar-refractivity contribution in [1.29, 1.82) is 0 Å². The monoisotopic (exact) mass is 420 g/mol. The molecule has 0 bridgehead atoms. The highest BCUT2D eigenvalue weighted by Crippen LogP contribution is 2.30. The lowest BCUT2D eigenvalue weighted by Crippen LogP contribution is -2.47. The molecule has 1 heterocycles. The van der Waals surface area contributed by atoms with Crippen LogP contribution in [0.25, 0.3) is 0 Å². The van der Waals surface area contributed by atoms with E-state index in [-0.39, 0.29) is 16.3 Å². The first kappa shape index (κ1) is 21.0. The zero-order chi connectivity index (χ0) is 21.0. The first-order valence-corrected chi connectivity index (χ1v) is 10.6. The number of benzene rings is 2. The summed E-state index contributed by atoms with van der Waals surface area (Å²) in [5, 5.41) is 14.6. The van der Waals surface area contributed by atoms with Crippen molar-refractivity contribution < 1.29 is 18.1 Å². The van der Waals surface area contributed by atoms with E-state index in [1.165, 1.54) is 16.4 Å². The van der Waals surface area contributed by atoms with Gasteiger partial charge < -0.3 is 15.0 Å². The number of ether oxygens (including phenoxy) is 1. The van der Waals surface area contributed by atoms with Crippen LogP contribution < -0.4 is 10.1 Å². The van der Waals surface area contributed by atoms with Crippen LogP contribution in [0.15, 0.2) is 47.4 Å². The fourth-order valence-corrected chi connectivity index (χ4v) is 4.53. The molecule has 1 N–H and O–H groups in total. The Morgan fingerprint density at radius 3 is 2.34 bits per heavy atom. The van der Waals surface area contributed by atoms with Crippen LogP contribution in [0.4, 0.5) is 11.4 Å². The Labute approximate surface area is 170 Å². The number of hydrogen-bond donors (Lipinski definition) is 1. The normalized spacial score (nSPS) is 15.8. The number of rotatable bonds is 7. The minimum atomic E-state index is -3.77. The van der Waals surface area contributed by atoms with Crippen LogP contribution in [0.2, 0.25) is 0 Å². The lowest BCUT2D eigenvalue weighted by atomic mass is 10.2. The van der Waals surface area contributed by atoms with E-state index in [4.69, 9.17) is 4.74 Å². The second kappa shape index (κ2) is 8.76. The van der Waals surface area contributed by atoms with Crippen LogP contribution in [0, 0.1) is 10.1 Å². The van der Waals surface area contributed by atoms with E-state index >= 15 is 0 Å². The molecule has 9 nitrogen and oxygen atoms in total. The predicted octanol–water partition coefficient (Wildman–Crippen LogP) is 2.15. The maximum Gasteiger partial charge on any atom is 0.293 e. The number of anilines is 1. The molecule has 0 aromatic heterocycles. The third-order valence-corrected chi connectivity index (χ3v) is 6.80. The molecule has 2 aromatic rings. The van der Waals surface area contributed by atoms with Gasteiger partial charge in [-0.25, -0.2) is 8.42 Å². The van der Waals surface area contributed by atoms with E-state index in [1.54, 1.807) is 19.2 Å². The molecule has 0 aliphatic carbocycles. The number of sulfonamides is 1. The first-order chi connectivity index (χ1) is 13.8. The average molecular weight is 420 g/mol. The van der Waals surface area contributed by atoms with Crippen LogP contribution in [-0.2, 0) is 16.6 Å². The summed E-state index contributed by atoms with van der Waals surface area (Å²) in [6.07, 6.45) is 0. The average Bonchev–Trinajstić information content (AvgIpc) is 2.72. The minimum Gasteiger partial charge on any atom is -0.497 e. The lowest BCUT2D eigenvalue weighted by molar-refractivity contribution is -0.384. The Hall–Kier alpha value is -2.69. The van der Waals surface area contributed by atoms with Gasteiger partial charge in [-0.1, -0.05) is 12.1 Å². The van der Waals surface area contributed by atoms with Crippen molar-refractivity contribution in [3.05, 3.63) is 58.1 Å². The minimum absolute atomic E-state index is 0.0660. The summed E-state index contributed by atoms with van der Waals surface area (Å²) in [4.78, 5) is 13.0. The molecule has 29 heavy (non-hydrogen) atoms. The third-order valence-electron chi connectivity index (χ3n) is 4.91. The number of nitro groups is 1. The molecule has 0 atom stereocenters. The van der Waals surface area contributed by atoms with Crippen LogP contribution in [-0.4, -0.2) is 62.9 Å². The molecule has 1 saturated heterocycles. The number of methoxy groups -OCH3 is 1. The van der Waals surface area contributed by atoms with E-state index in [0.717, 1.165) is 17.4 Å². The number of nitrogens with one attached hydrogen (secondary N) is 1. The summed E-state index contributed by atoms with van der Waals surface area (Å²) in [5.74, 6) is 0.721. The molecule has 156 valence electrons. The van der Waals surface area contributed by atoms with Crippen LogP contribution in [0.3, 0.4) is 0 Å². The molecule has 0 radical (unpaired) electrons. The largest absolute Gasteiger partial charge is 0.497 e. The molecule has 0 spiro atoms. The summed E-state index contributed by atoms with van der Waals surface area (Å²) in [6.45, 7) is 2.34. The summed E-state index contributed by atoms with van der Waals surface area (Å²) < 4.78 is 32.2. The van der Waals surface area contributed by atoms with Crippen molar-refractivity contribution >= 4 is 21.4 Å². The summed E-state index contributed by atoms with van der Waals surface area (Å²) >= 11 is 0. The fourth-order valence-electron chi connectivity index (χ4n) is 3.09. The molecule has 1 aliphatic rings. The van der Waals surface area contributed by atoms with Gasteiger partial charge in [0.25, 0.3) is 5.69 Å². The van der Waals surface area contributed by atoms with E-state index in [1.807, 2.05) is 24.1 Å². The summed E-state index contributed by atoms with van der Waals surface area (Å²) in [6, 6.07) is 11.3. The van der Waals surface area contributed by atoms with Gasteiger partial charge in [-0.2, -0.15) is 4.31 Å². The Bertz CT molecular complexity index is 971. The Morgan fingerprint density at radius 2 is 1.76 bits per heavy atom. The van der Waals surface area contributed by atoms with Crippen molar-refractivity contribution in [3.63, 3.8) is 0 Å². The van der Waals surface area contributed by atoms with Crippen molar-refractivity contribution in [2.45, 2.75) is 11.4 Å². The highest BCUT2D eigenvalue weighted by atomic mass is 32.2. The zero-order valence-electron chi connectivity index (χ0n) is 16.4. The quantitative estimate of drug-likeness (QED) is 0.540. The fraction of sp³-hybridized carbons (Fsp3) is 0.368. The topological polar surface area (TPSA) is 105 Å². The van der Waals surface area contributed by atoms with E-state index in [9.17, 15) is 18.5 Å². The van der Waals surface area contributed by atoms with Crippen LogP contribution in [0.5, 0.6) is 5.75 Å². The van der Waals surface area contributed by atoms with E-state index in [0.29, 0.717) is 32.7 Å². The highest BCUT2D eigenvalue weighted by Gasteiger charge is 2.29. The smallest absolute Gasteiger partial charge is 0.293 e. The number of hydrogen-bond acceptors (Lipinski definition) is 7. The van der Waals surface area contributed by atoms with Gasteiger partial charge in [0.2, 0.25) is 10.0 Å². The Kier molecular flexibility index (Phi) is 6.36. The number of piperazine rings is 1. The van der Waals surface area contributed by atoms with Crippen molar-refractivity contribution in [3.8, 4) is 5.75 Å². The molecule has 3 rings (SSSR count). The van der Waals surface area contributed by atoms with Gasteiger partial charge in [0.1, 0.15) is 11.4 Å². The van der Waals surface area contributed by atoms with Crippen LogP contribution >= 0.6 is 0 Å². The molecule has 0 saturated carbocycles. The third kappa shape index (κ3) is 4.84. The molecular formula is C19H24N4O5S. The summed E-state index contributed by atoms with van der Waals surface area (Å²) in [5.41, 5.74) is 0.908. The number of nitrogens with zero attached hydrogens (tertiary/aromatic N) is 3. The van der Waals surface area contributed by atoms with Gasteiger partial charge in [0.15, 0.2) is 0 Å². The molecule has 1 fully saturated rings. The molecule has 1 aliphatic heterocycles.